The van der Waals surface area contributed by atoms with Crippen molar-refractivity contribution in [1.29, 1.82) is 0 Å². The topological polar surface area (TPSA) is 52.6 Å². The van der Waals surface area contributed by atoms with E-state index in [1.165, 1.54) is 7.11 Å². The molecule has 1 aliphatic carbocycles. The van der Waals surface area contributed by atoms with Crippen molar-refractivity contribution in [3.05, 3.63) is 0 Å². The van der Waals surface area contributed by atoms with Gasteiger partial charge in [0.2, 0.25) is 0 Å². The van der Waals surface area contributed by atoms with E-state index in [2.05, 4.69) is 0 Å². The Kier molecular flexibility index (Phi) is 2.67. The van der Waals surface area contributed by atoms with Crippen molar-refractivity contribution in [3.8, 4) is 0 Å². The Bertz CT molecular complexity index is 278. The third kappa shape index (κ3) is 1.73. The summed E-state index contributed by atoms with van der Waals surface area (Å²) in [5.74, 6) is -0.939. The standard InChI is InChI=1S/C11H16O4/c1-14-10(13)8-7-9(12)15-11(8)5-3-2-4-6-11/h8H,2-7H2,1H3/t8-/m1/s1. The fourth-order valence-corrected chi connectivity index (χ4v) is 2.73. The van der Waals surface area contributed by atoms with E-state index in [0.717, 1.165) is 32.1 Å². The number of methoxy groups -OCH3 is 1. The summed E-state index contributed by atoms with van der Waals surface area (Å²) >= 11 is 0. The second-order valence-electron chi connectivity index (χ2n) is 4.38. The second-order valence-corrected chi connectivity index (χ2v) is 4.38. The minimum Gasteiger partial charge on any atom is -0.469 e. The molecule has 2 aliphatic rings. The summed E-state index contributed by atoms with van der Waals surface area (Å²) in [5.41, 5.74) is -0.539. The van der Waals surface area contributed by atoms with Crippen LogP contribution < -0.4 is 0 Å². The summed E-state index contributed by atoms with van der Waals surface area (Å²) in [7, 11) is 1.36. The maximum absolute atomic E-state index is 11.6. The highest BCUT2D eigenvalue weighted by atomic mass is 16.6. The van der Waals surface area contributed by atoms with Crippen LogP contribution in [0.25, 0.3) is 0 Å². The molecule has 0 amide bonds. The Labute approximate surface area is 88.9 Å². The molecule has 1 saturated carbocycles. The normalized spacial score (nSPS) is 28.9. The molecule has 1 atom stereocenters. The lowest BCUT2D eigenvalue weighted by atomic mass is 9.76. The smallest absolute Gasteiger partial charge is 0.313 e. The van der Waals surface area contributed by atoms with Crippen LogP contribution >= 0.6 is 0 Å². The molecule has 0 aromatic carbocycles. The van der Waals surface area contributed by atoms with Crippen molar-refractivity contribution >= 4 is 11.9 Å². The van der Waals surface area contributed by atoms with Crippen LogP contribution in [0.15, 0.2) is 0 Å². The van der Waals surface area contributed by atoms with Crippen LogP contribution in [0.1, 0.15) is 38.5 Å². The largest absolute Gasteiger partial charge is 0.469 e. The summed E-state index contributed by atoms with van der Waals surface area (Å²) in [4.78, 5) is 22.9. The van der Waals surface area contributed by atoms with E-state index in [1.54, 1.807) is 0 Å². The van der Waals surface area contributed by atoms with Crippen LogP contribution in [-0.2, 0) is 19.1 Å². The summed E-state index contributed by atoms with van der Waals surface area (Å²) in [6.07, 6.45) is 5.01. The fraction of sp³-hybridized carbons (Fsp3) is 0.818. The molecule has 1 spiro atoms. The first-order chi connectivity index (χ1) is 7.18. The predicted octanol–water partition coefficient (Wildman–Crippen LogP) is 1.43. The van der Waals surface area contributed by atoms with Crippen LogP contribution in [0.2, 0.25) is 0 Å². The fourth-order valence-electron chi connectivity index (χ4n) is 2.73. The van der Waals surface area contributed by atoms with Gasteiger partial charge in [0.15, 0.2) is 0 Å². The zero-order valence-electron chi connectivity index (χ0n) is 8.95. The van der Waals surface area contributed by atoms with Crippen molar-refractivity contribution in [2.45, 2.75) is 44.1 Å². The first kappa shape index (κ1) is 10.5. The van der Waals surface area contributed by atoms with Gasteiger partial charge >= 0.3 is 11.9 Å². The zero-order chi connectivity index (χ0) is 10.9. The van der Waals surface area contributed by atoms with Gasteiger partial charge in [-0.2, -0.15) is 0 Å². The number of carbonyl (C=O) groups excluding carboxylic acids is 2. The first-order valence-electron chi connectivity index (χ1n) is 5.48. The molecular formula is C11H16O4. The van der Waals surface area contributed by atoms with E-state index in [1.807, 2.05) is 0 Å². The maximum Gasteiger partial charge on any atom is 0.313 e. The lowest BCUT2D eigenvalue weighted by Gasteiger charge is -2.35. The molecule has 0 aromatic rings. The van der Waals surface area contributed by atoms with Crippen molar-refractivity contribution in [2.75, 3.05) is 7.11 Å². The SMILES string of the molecule is COC(=O)[C@H]1CC(=O)OC12CCCCC2. The van der Waals surface area contributed by atoms with Gasteiger partial charge in [-0.1, -0.05) is 6.42 Å². The molecule has 2 rings (SSSR count). The third-order valence-corrected chi connectivity index (χ3v) is 3.51. The molecule has 0 aromatic heterocycles. The molecular weight excluding hydrogens is 196 g/mol. The average Bonchev–Trinajstić information content (AvgIpc) is 2.55. The number of rotatable bonds is 1. The monoisotopic (exact) mass is 212 g/mol. The molecule has 2 fully saturated rings. The summed E-state index contributed by atoms with van der Waals surface area (Å²) < 4.78 is 10.1. The van der Waals surface area contributed by atoms with Crippen LogP contribution in [0.5, 0.6) is 0 Å². The number of esters is 2. The van der Waals surface area contributed by atoms with Crippen molar-refractivity contribution < 1.29 is 19.1 Å². The average molecular weight is 212 g/mol. The number of carbonyl (C=O) groups is 2. The van der Waals surface area contributed by atoms with Crippen LogP contribution in [0, 0.1) is 5.92 Å². The summed E-state index contributed by atoms with van der Waals surface area (Å²) in [6.45, 7) is 0. The molecule has 1 aliphatic heterocycles. The molecule has 1 heterocycles. The van der Waals surface area contributed by atoms with Gasteiger partial charge in [0.1, 0.15) is 11.5 Å². The molecule has 0 N–H and O–H groups in total. The van der Waals surface area contributed by atoms with Gasteiger partial charge in [0.05, 0.1) is 13.5 Å². The molecule has 0 bridgehead atoms. The van der Waals surface area contributed by atoms with Crippen LogP contribution in [-0.4, -0.2) is 24.6 Å². The Balaban J connectivity index is 2.19. The van der Waals surface area contributed by atoms with Gasteiger partial charge in [-0.15, -0.1) is 0 Å². The highest BCUT2D eigenvalue weighted by Gasteiger charge is 2.53. The van der Waals surface area contributed by atoms with Gasteiger partial charge in [-0.3, -0.25) is 9.59 Å². The van der Waals surface area contributed by atoms with Crippen molar-refractivity contribution in [3.63, 3.8) is 0 Å². The zero-order valence-corrected chi connectivity index (χ0v) is 8.95. The lowest BCUT2D eigenvalue weighted by molar-refractivity contribution is -0.159. The van der Waals surface area contributed by atoms with E-state index >= 15 is 0 Å². The van der Waals surface area contributed by atoms with E-state index in [-0.39, 0.29) is 24.3 Å². The molecule has 4 nitrogen and oxygen atoms in total. The number of hydrogen-bond acceptors (Lipinski definition) is 4. The Morgan fingerprint density at radius 3 is 2.67 bits per heavy atom. The first-order valence-corrected chi connectivity index (χ1v) is 5.48. The molecule has 0 unspecified atom stereocenters. The summed E-state index contributed by atoms with van der Waals surface area (Å²) in [6, 6.07) is 0. The molecule has 4 heteroatoms. The molecule has 1 saturated heterocycles. The van der Waals surface area contributed by atoms with E-state index in [4.69, 9.17) is 9.47 Å². The second kappa shape index (κ2) is 3.83. The quantitative estimate of drug-likeness (QED) is 0.617. The van der Waals surface area contributed by atoms with E-state index < -0.39 is 5.60 Å². The van der Waals surface area contributed by atoms with Crippen molar-refractivity contribution in [1.82, 2.24) is 0 Å². The maximum atomic E-state index is 11.6. The Morgan fingerprint density at radius 2 is 2.07 bits per heavy atom. The van der Waals surface area contributed by atoms with E-state index in [9.17, 15) is 9.59 Å². The molecule has 0 radical (unpaired) electrons. The van der Waals surface area contributed by atoms with Gasteiger partial charge < -0.3 is 9.47 Å². The predicted molar refractivity (Wildman–Crippen MR) is 52.0 cm³/mol. The van der Waals surface area contributed by atoms with Crippen LogP contribution in [0.3, 0.4) is 0 Å². The van der Waals surface area contributed by atoms with Crippen LogP contribution in [0.4, 0.5) is 0 Å². The Morgan fingerprint density at radius 1 is 1.40 bits per heavy atom. The highest BCUT2D eigenvalue weighted by Crippen LogP contribution is 2.44. The van der Waals surface area contributed by atoms with Gasteiger partial charge in [0, 0.05) is 0 Å². The minimum absolute atomic E-state index is 0.187. The Hall–Kier alpha value is -1.06. The summed E-state index contributed by atoms with van der Waals surface area (Å²) in [5, 5.41) is 0. The lowest BCUT2D eigenvalue weighted by Crippen LogP contribution is -2.41. The number of ether oxygens (including phenoxy) is 2. The van der Waals surface area contributed by atoms with Crippen molar-refractivity contribution in [2.24, 2.45) is 5.92 Å². The van der Waals surface area contributed by atoms with Gasteiger partial charge in [-0.25, -0.2) is 0 Å². The third-order valence-electron chi connectivity index (χ3n) is 3.51. The van der Waals surface area contributed by atoms with E-state index in [0.29, 0.717) is 0 Å². The molecule has 15 heavy (non-hydrogen) atoms. The van der Waals surface area contributed by atoms with Gasteiger partial charge in [-0.05, 0) is 25.7 Å². The number of hydrogen-bond donors (Lipinski definition) is 0. The van der Waals surface area contributed by atoms with Gasteiger partial charge in [0.25, 0.3) is 0 Å². The molecule has 84 valence electrons. The highest BCUT2D eigenvalue weighted by molar-refractivity contribution is 5.84. The minimum atomic E-state index is -0.539.